The molecular formula is C21H22F3NO2S2. The van der Waals surface area contributed by atoms with Crippen molar-refractivity contribution >= 4 is 34.8 Å². The molecule has 8 heteroatoms. The van der Waals surface area contributed by atoms with E-state index in [2.05, 4.69) is 4.40 Å². The van der Waals surface area contributed by atoms with Crippen LogP contribution < -0.4 is 0 Å². The first-order valence-electron chi connectivity index (χ1n) is 8.72. The molecule has 1 unspecified atom stereocenters. The van der Waals surface area contributed by atoms with Crippen LogP contribution >= 0.6 is 12.2 Å². The van der Waals surface area contributed by atoms with Crippen molar-refractivity contribution in [2.45, 2.75) is 38.6 Å². The van der Waals surface area contributed by atoms with E-state index in [1.54, 1.807) is 32.9 Å². The molecule has 0 saturated carbocycles. The number of aryl methyl sites for hydroxylation is 1. The van der Waals surface area contributed by atoms with Gasteiger partial charge in [0.25, 0.3) is 0 Å². The van der Waals surface area contributed by atoms with Crippen LogP contribution in [-0.4, -0.2) is 27.7 Å². The zero-order valence-corrected chi connectivity index (χ0v) is 18.4. The van der Waals surface area contributed by atoms with Gasteiger partial charge in [-0.25, -0.2) is 0 Å². The van der Waals surface area contributed by atoms with E-state index in [1.807, 2.05) is 13.0 Å². The largest absolute Gasteiger partial charge is 0.591 e. The van der Waals surface area contributed by atoms with E-state index in [0.29, 0.717) is 16.7 Å². The van der Waals surface area contributed by atoms with Crippen LogP contribution in [0.25, 0.3) is 11.1 Å². The molecule has 0 N–H and O–H groups in total. The minimum absolute atomic E-state index is 0.201. The predicted octanol–water partition coefficient (Wildman–Crippen LogP) is 5.88. The van der Waals surface area contributed by atoms with Gasteiger partial charge in [0.1, 0.15) is 16.1 Å². The Morgan fingerprint density at radius 3 is 2.38 bits per heavy atom. The van der Waals surface area contributed by atoms with E-state index in [0.717, 1.165) is 17.7 Å². The van der Waals surface area contributed by atoms with Crippen molar-refractivity contribution in [1.29, 1.82) is 0 Å². The van der Waals surface area contributed by atoms with Crippen LogP contribution in [-0.2, 0) is 22.3 Å². The average molecular weight is 442 g/mol. The molecular weight excluding hydrogens is 419 g/mol. The fourth-order valence-electron chi connectivity index (χ4n) is 2.64. The highest BCUT2D eigenvalue weighted by molar-refractivity contribution is 7.91. The molecule has 0 aliphatic rings. The maximum absolute atomic E-state index is 13.3. The molecule has 2 aromatic carbocycles. The van der Waals surface area contributed by atoms with Crippen LogP contribution in [0.5, 0.6) is 0 Å². The Kier molecular flexibility index (Phi) is 7.14. The number of benzene rings is 2. The van der Waals surface area contributed by atoms with Crippen LogP contribution in [0.1, 0.15) is 43.0 Å². The van der Waals surface area contributed by atoms with Gasteiger partial charge in [0, 0.05) is 11.1 Å². The molecule has 0 spiro atoms. The Labute approximate surface area is 177 Å². The first-order valence-corrected chi connectivity index (χ1v) is 10.2. The molecule has 156 valence electrons. The van der Waals surface area contributed by atoms with Gasteiger partial charge in [-0.3, -0.25) is 0 Å². The molecule has 0 aliphatic heterocycles. The normalized spacial score (nSPS) is 13.6. The number of methoxy groups -OCH3 is 1. The molecule has 0 heterocycles. The van der Waals surface area contributed by atoms with E-state index < -0.39 is 27.8 Å². The smallest absolute Gasteiger partial charge is 0.416 e. The summed E-state index contributed by atoms with van der Waals surface area (Å²) in [5.74, 6) is 0. The fourth-order valence-corrected chi connectivity index (χ4v) is 3.34. The number of hydrogen-bond donors (Lipinski definition) is 0. The minimum Gasteiger partial charge on any atom is -0.591 e. The summed E-state index contributed by atoms with van der Waals surface area (Å²) in [4.78, 5) is 0. The fraction of sp³-hybridized carbons (Fsp3) is 0.333. The van der Waals surface area contributed by atoms with Crippen molar-refractivity contribution in [3.8, 4) is 11.1 Å². The zero-order valence-electron chi connectivity index (χ0n) is 16.8. The van der Waals surface area contributed by atoms with Gasteiger partial charge in [-0.05, 0) is 74.8 Å². The molecule has 3 nitrogen and oxygen atoms in total. The van der Waals surface area contributed by atoms with E-state index >= 15 is 0 Å². The lowest BCUT2D eigenvalue weighted by atomic mass is 9.91. The molecule has 0 fully saturated rings. The highest BCUT2D eigenvalue weighted by Crippen LogP contribution is 2.36. The summed E-state index contributed by atoms with van der Waals surface area (Å²) >= 11 is 3.65. The van der Waals surface area contributed by atoms with E-state index in [-0.39, 0.29) is 10.6 Å². The van der Waals surface area contributed by atoms with Gasteiger partial charge in [0.15, 0.2) is 5.05 Å². The summed E-state index contributed by atoms with van der Waals surface area (Å²) in [6, 6.07) is 8.79. The average Bonchev–Trinajstić information content (AvgIpc) is 2.63. The third-order valence-corrected chi connectivity index (χ3v) is 5.87. The number of nitrogens with zero attached hydrogens (tertiary/aromatic N) is 1. The second-order valence-electron chi connectivity index (χ2n) is 7.38. The first kappa shape index (κ1) is 23.4. The van der Waals surface area contributed by atoms with Gasteiger partial charge >= 0.3 is 6.18 Å². The Hall–Kier alpha value is -1.90. The van der Waals surface area contributed by atoms with Crippen LogP contribution in [0.4, 0.5) is 13.2 Å². The van der Waals surface area contributed by atoms with Gasteiger partial charge in [0.05, 0.1) is 18.9 Å². The van der Waals surface area contributed by atoms with Crippen molar-refractivity contribution in [2.24, 2.45) is 4.40 Å². The molecule has 29 heavy (non-hydrogen) atoms. The molecule has 0 aromatic heterocycles. The maximum Gasteiger partial charge on any atom is 0.416 e. The highest BCUT2D eigenvalue weighted by atomic mass is 32.2. The van der Waals surface area contributed by atoms with Crippen molar-refractivity contribution < 1.29 is 22.5 Å². The van der Waals surface area contributed by atoms with Gasteiger partial charge in [-0.1, -0.05) is 22.6 Å². The van der Waals surface area contributed by atoms with Gasteiger partial charge in [-0.15, -0.1) is 0 Å². The van der Waals surface area contributed by atoms with E-state index in [9.17, 15) is 17.7 Å². The van der Waals surface area contributed by atoms with Gasteiger partial charge in [0.2, 0.25) is 0 Å². The summed E-state index contributed by atoms with van der Waals surface area (Å²) < 4.78 is 60.7. The predicted molar refractivity (Wildman–Crippen MR) is 116 cm³/mol. The van der Waals surface area contributed by atoms with Crippen LogP contribution in [0.2, 0.25) is 0 Å². The van der Waals surface area contributed by atoms with Crippen molar-refractivity contribution in [1.82, 2.24) is 0 Å². The van der Waals surface area contributed by atoms with Crippen LogP contribution in [0.15, 0.2) is 40.8 Å². The third kappa shape index (κ3) is 5.58. The third-order valence-electron chi connectivity index (χ3n) is 4.14. The standard InChI is InChI=1S/C21H22F3NO2S2/c1-13-7-6-8-17(19(28)27-5)18(13)16-10-9-15(21(22,23)24)11-14(16)12-25-29(26)20(2,3)4/h6-12H,1-5H3. The van der Waals surface area contributed by atoms with Gasteiger partial charge < -0.3 is 9.29 Å². The Morgan fingerprint density at radius 1 is 1.17 bits per heavy atom. The number of alkyl halides is 3. The molecule has 0 bridgehead atoms. The van der Waals surface area contributed by atoms with Crippen molar-refractivity contribution in [3.05, 3.63) is 58.7 Å². The van der Waals surface area contributed by atoms with Gasteiger partial charge in [-0.2, -0.15) is 13.2 Å². The second-order valence-corrected chi connectivity index (χ2v) is 9.69. The molecule has 1 atom stereocenters. The molecule has 2 aromatic rings. The summed E-state index contributed by atoms with van der Waals surface area (Å²) in [5, 5.41) is 0.227. The molecule has 0 amide bonds. The Morgan fingerprint density at radius 2 is 1.83 bits per heavy atom. The molecule has 0 saturated heterocycles. The number of rotatable bonds is 4. The maximum atomic E-state index is 13.3. The lowest BCUT2D eigenvalue weighted by molar-refractivity contribution is -0.137. The van der Waals surface area contributed by atoms with E-state index in [4.69, 9.17) is 17.0 Å². The number of thiocarbonyl (C=S) groups is 1. The number of ether oxygens (including phenoxy) is 1. The highest BCUT2D eigenvalue weighted by Gasteiger charge is 2.32. The van der Waals surface area contributed by atoms with Crippen molar-refractivity contribution in [3.63, 3.8) is 0 Å². The lowest BCUT2D eigenvalue weighted by Gasteiger charge is -2.19. The molecule has 0 radical (unpaired) electrons. The second kappa shape index (κ2) is 8.85. The SMILES string of the molecule is COC(=S)c1cccc(C)c1-c1ccc(C(F)(F)F)cc1C=N[S+]([O-])C(C)(C)C. The summed E-state index contributed by atoms with van der Waals surface area (Å²) in [7, 11) is 1.44. The Bertz CT molecular complexity index is 934. The summed E-state index contributed by atoms with van der Waals surface area (Å²) in [6.07, 6.45) is -3.28. The quantitative estimate of drug-likeness (QED) is 0.338. The van der Waals surface area contributed by atoms with Crippen LogP contribution in [0, 0.1) is 6.92 Å². The lowest BCUT2D eigenvalue weighted by Crippen LogP contribution is -2.25. The monoisotopic (exact) mass is 441 g/mol. The van der Waals surface area contributed by atoms with E-state index in [1.165, 1.54) is 19.4 Å². The zero-order chi connectivity index (χ0) is 22.0. The molecule has 0 aliphatic carbocycles. The number of halogens is 3. The Balaban J connectivity index is 2.73. The summed E-state index contributed by atoms with van der Waals surface area (Å²) in [6.45, 7) is 7.06. The first-order chi connectivity index (χ1) is 13.4. The molecule has 2 rings (SSSR count). The topological polar surface area (TPSA) is 44.6 Å². The van der Waals surface area contributed by atoms with Crippen molar-refractivity contribution in [2.75, 3.05) is 7.11 Å². The van der Waals surface area contributed by atoms with Crippen LogP contribution in [0.3, 0.4) is 0 Å². The minimum atomic E-state index is -4.51. The summed E-state index contributed by atoms with van der Waals surface area (Å²) in [5.41, 5.74) is 1.94. The number of hydrogen-bond acceptors (Lipinski definition) is 4.